The molecule has 0 bridgehead atoms. The van der Waals surface area contributed by atoms with Gasteiger partial charge in [-0.15, -0.1) is 0 Å². The summed E-state index contributed by atoms with van der Waals surface area (Å²) in [6.45, 7) is 33.0. The molecule has 1 aliphatic carbocycles. The molecule has 9 rings (SSSR count). The van der Waals surface area contributed by atoms with Gasteiger partial charge < -0.3 is 9.32 Å². The fraction of sp³-hybridized carbons (Fsp3) is 0.393. The van der Waals surface area contributed by atoms with E-state index in [0.717, 1.165) is 18.5 Å². The van der Waals surface area contributed by atoms with Crippen molar-refractivity contribution in [3.8, 4) is 11.1 Å². The van der Waals surface area contributed by atoms with Gasteiger partial charge in [0.25, 0.3) is 6.71 Å². The van der Waals surface area contributed by atoms with Crippen LogP contribution in [-0.2, 0) is 27.1 Å². The van der Waals surface area contributed by atoms with Crippen molar-refractivity contribution in [2.45, 2.75) is 143 Å². The second kappa shape index (κ2) is 13.1. The molecule has 302 valence electrons. The Kier molecular flexibility index (Phi) is 8.83. The third-order valence-electron chi connectivity index (χ3n) is 14.1. The number of hydrogen-bond donors (Lipinski definition) is 0. The van der Waals surface area contributed by atoms with E-state index in [0.29, 0.717) is 0 Å². The van der Waals surface area contributed by atoms with Gasteiger partial charge in [0, 0.05) is 39.5 Å². The van der Waals surface area contributed by atoms with E-state index in [1.165, 1.54) is 89.4 Å². The molecule has 3 heterocycles. The number of benzene rings is 5. The van der Waals surface area contributed by atoms with Crippen molar-refractivity contribution in [1.82, 2.24) is 0 Å². The van der Waals surface area contributed by atoms with Crippen LogP contribution in [0.15, 0.2) is 108 Å². The summed E-state index contributed by atoms with van der Waals surface area (Å²) in [6, 6.07) is 40.1. The lowest BCUT2D eigenvalue weighted by atomic mass is 9.32. The zero-order chi connectivity index (χ0) is 42.2. The number of anilines is 3. The van der Waals surface area contributed by atoms with Crippen molar-refractivity contribution < 1.29 is 4.42 Å². The average molecular weight is 778 g/mol. The van der Waals surface area contributed by atoms with E-state index in [1.807, 2.05) is 0 Å². The first-order chi connectivity index (χ1) is 27.6. The molecule has 3 aliphatic rings. The monoisotopic (exact) mass is 778 g/mol. The summed E-state index contributed by atoms with van der Waals surface area (Å²) in [4.78, 5) is 2.57. The maximum atomic E-state index is 7.69. The molecule has 1 atom stereocenters. The number of hydrogen-bond acceptors (Lipinski definition) is 2. The molecule has 6 aromatic rings. The van der Waals surface area contributed by atoms with Gasteiger partial charge in [-0.2, -0.15) is 0 Å². The summed E-state index contributed by atoms with van der Waals surface area (Å²) >= 11 is 0. The molecule has 3 heteroatoms. The molecule has 0 amide bonds. The van der Waals surface area contributed by atoms with Crippen LogP contribution in [0.2, 0.25) is 0 Å². The Balaban J connectivity index is 1.43. The van der Waals surface area contributed by atoms with Crippen molar-refractivity contribution >= 4 is 40.4 Å². The van der Waals surface area contributed by atoms with E-state index in [2.05, 4.69) is 205 Å². The predicted molar refractivity (Wildman–Crippen MR) is 253 cm³/mol. The molecule has 0 saturated carbocycles. The molecule has 1 unspecified atom stereocenters. The van der Waals surface area contributed by atoms with Crippen LogP contribution in [-0.4, -0.2) is 6.71 Å². The van der Waals surface area contributed by atoms with Crippen LogP contribution < -0.4 is 21.5 Å². The fourth-order valence-corrected chi connectivity index (χ4v) is 10.5. The molecule has 0 N–H and O–H groups in total. The van der Waals surface area contributed by atoms with Gasteiger partial charge in [0.15, 0.2) is 0 Å². The largest absolute Gasteiger partial charge is 0.474 e. The summed E-state index contributed by atoms with van der Waals surface area (Å²) in [6.07, 6.45) is 2.23. The Labute approximate surface area is 355 Å². The van der Waals surface area contributed by atoms with Gasteiger partial charge in [0.1, 0.15) is 5.76 Å². The average Bonchev–Trinajstić information content (AvgIpc) is 3.59. The van der Waals surface area contributed by atoms with Crippen molar-refractivity contribution in [3.05, 3.63) is 153 Å². The van der Waals surface area contributed by atoms with Crippen LogP contribution in [0.4, 0.5) is 17.1 Å². The minimum Gasteiger partial charge on any atom is -0.474 e. The van der Waals surface area contributed by atoms with E-state index in [-0.39, 0.29) is 39.7 Å². The molecule has 0 spiro atoms. The van der Waals surface area contributed by atoms with Gasteiger partial charge in [-0.1, -0.05) is 169 Å². The molecule has 0 fully saturated rings. The van der Waals surface area contributed by atoms with Crippen LogP contribution in [0.3, 0.4) is 0 Å². The first-order valence-electron chi connectivity index (χ1n) is 22.1. The molecule has 59 heavy (non-hydrogen) atoms. The van der Waals surface area contributed by atoms with Crippen molar-refractivity contribution in [3.63, 3.8) is 0 Å². The predicted octanol–water partition coefficient (Wildman–Crippen LogP) is 13.3. The van der Waals surface area contributed by atoms with E-state index >= 15 is 0 Å². The van der Waals surface area contributed by atoms with Crippen molar-refractivity contribution in [2.24, 2.45) is 0 Å². The zero-order valence-electron chi connectivity index (χ0n) is 38.2. The van der Waals surface area contributed by atoms with Crippen LogP contribution in [0.1, 0.15) is 159 Å². The maximum absolute atomic E-state index is 7.69. The minimum absolute atomic E-state index is 0.00567. The van der Waals surface area contributed by atoms with Gasteiger partial charge >= 0.3 is 0 Å². The molecule has 2 aliphatic heterocycles. The number of fused-ring (bicyclic) bond motifs is 6. The Bertz CT molecular complexity index is 2620. The van der Waals surface area contributed by atoms with Crippen LogP contribution in [0.5, 0.6) is 0 Å². The third kappa shape index (κ3) is 6.36. The minimum atomic E-state index is -0.0817. The lowest BCUT2D eigenvalue weighted by Gasteiger charge is -2.43. The molecule has 0 radical (unpaired) electrons. The van der Waals surface area contributed by atoms with Crippen molar-refractivity contribution in [2.75, 3.05) is 4.90 Å². The normalized spacial score (nSPS) is 17.9. The van der Waals surface area contributed by atoms with Crippen molar-refractivity contribution in [1.29, 1.82) is 0 Å². The summed E-state index contributed by atoms with van der Waals surface area (Å²) in [5, 5.41) is 0. The molecule has 2 nitrogen and oxygen atoms in total. The Morgan fingerprint density at radius 2 is 1.20 bits per heavy atom. The second-order valence-corrected chi connectivity index (χ2v) is 22.6. The van der Waals surface area contributed by atoms with E-state index in [1.54, 1.807) is 0 Å². The summed E-state index contributed by atoms with van der Waals surface area (Å²) in [7, 11) is 0. The van der Waals surface area contributed by atoms with E-state index in [9.17, 15) is 0 Å². The molecular weight excluding hydrogens is 713 g/mol. The van der Waals surface area contributed by atoms with Crippen LogP contribution in [0.25, 0.3) is 11.1 Å². The lowest BCUT2D eigenvalue weighted by Crippen LogP contribution is -2.62. The highest BCUT2D eigenvalue weighted by Crippen LogP contribution is 2.54. The van der Waals surface area contributed by atoms with Gasteiger partial charge in [-0.3, -0.25) is 0 Å². The summed E-state index contributed by atoms with van der Waals surface area (Å²) in [5.41, 5.74) is 21.0. The molecular formula is C56H64BNO. The number of nitrogens with zero attached hydrogens (tertiary/aromatic N) is 1. The standard InChI is InChI=1S/C56H64BNO/c1-34-30-42-46(40-26-22-37(53(5,6)7)32-41(40)35-18-16-15-17-19-35)47-48-50(56(13,14)29-28-55(48,11)12)59-51(47)57-43-33-38(54(8,9)10)23-27-44(43)58(45(31-34)49(42)57)39-24-20-36(21-25-39)52(2,3)4/h15-27,30-33,46H,28-29H2,1-14H3. The lowest BCUT2D eigenvalue weighted by molar-refractivity contribution is 0.281. The Morgan fingerprint density at radius 1 is 0.610 bits per heavy atom. The highest BCUT2D eigenvalue weighted by atomic mass is 16.3. The van der Waals surface area contributed by atoms with Gasteiger partial charge in [-0.25, -0.2) is 0 Å². The second-order valence-electron chi connectivity index (χ2n) is 22.6. The quantitative estimate of drug-likeness (QED) is 0.166. The first-order valence-corrected chi connectivity index (χ1v) is 22.1. The number of rotatable bonds is 3. The third-order valence-corrected chi connectivity index (χ3v) is 14.1. The smallest absolute Gasteiger partial charge is 0.292 e. The summed E-state index contributed by atoms with van der Waals surface area (Å²) < 4.78 is 7.69. The fourth-order valence-electron chi connectivity index (χ4n) is 10.5. The SMILES string of the molecule is Cc1cc2c3c(c1)N(c1ccc(C(C)(C)C)cc1)c1ccc(C(C)(C)C)cc1B3c1oc3c(c1C2c1ccc(C(C)(C)C)cc1-c1ccccc1)C(C)(C)CCC3(C)C. The first kappa shape index (κ1) is 39.7. The Morgan fingerprint density at radius 3 is 1.85 bits per heavy atom. The zero-order valence-corrected chi connectivity index (χ0v) is 38.2. The van der Waals surface area contributed by atoms with E-state index < -0.39 is 0 Å². The number of aryl methyl sites for hydroxylation is 1. The summed E-state index contributed by atoms with van der Waals surface area (Å²) in [5.74, 6) is 1.17. The molecule has 0 saturated heterocycles. The molecule has 1 aromatic heterocycles. The van der Waals surface area contributed by atoms with E-state index in [4.69, 9.17) is 4.42 Å². The van der Waals surface area contributed by atoms with Gasteiger partial charge in [0.2, 0.25) is 0 Å². The highest BCUT2D eigenvalue weighted by molar-refractivity contribution is 6.98. The van der Waals surface area contributed by atoms with Crippen LogP contribution >= 0.6 is 0 Å². The Hall–Kier alpha value is -4.76. The highest BCUT2D eigenvalue weighted by Gasteiger charge is 2.53. The molecule has 5 aromatic carbocycles. The topological polar surface area (TPSA) is 16.4 Å². The maximum Gasteiger partial charge on any atom is 0.292 e. The number of furan rings is 1. The van der Waals surface area contributed by atoms with Gasteiger partial charge in [0.05, 0.1) is 5.66 Å². The van der Waals surface area contributed by atoms with Crippen LogP contribution in [0, 0.1) is 6.92 Å². The van der Waals surface area contributed by atoms with Gasteiger partial charge in [-0.05, 0) is 121 Å².